The van der Waals surface area contributed by atoms with Crippen LogP contribution in [0.4, 0.5) is 11.5 Å². The minimum absolute atomic E-state index is 0.144. The molecule has 0 aliphatic carbocycles. The van der Waals surface area contributed by atoms with E-state index in [1.807, 2.05) is 0 Å². The first-order valence-electron chi connectivity index (χ1n) is 8.33. The van der Waals surface area contributed by atoms with Crippen molar-refractivity contribution in [3.8, 4) is 0 Å². The monoisotopic (exact) mass is 500 g/mol. The molecule has 1 N–H and O–H groups in total. The van der Waals surface area contributed by atoms with E-state index in [-0.39, 0.29) is 11.4 Å². The van der Waals surface area contributed by atoms with Gasteiger partial charge in [0, 0.05) is 16.2 Å². The summed E-state index contributed by atoms with van der Waals surface area (Å²) in [5, 5.41) is 23.1. The number of amides is 1. The standard InChI is InChI=1S/C17H15BrCl2N6O3/c1-9-15(26(28)29)8-25(22-9)10(2)17(27)21-16-13(18)7-24(23-16)6-11-3-4-12(19)5-14(11)20/h3-5,7-8,10H,6H2,1-2H3,(H,21,23,27). The number of rotatable bonds is 6. The summed E-state index contributed by atoms with van der Waals surface area (Å²) in [6.45, 7) is 3.48. The van der Waals surface area contributed by atoms with Gasteiger partial charge >= 0.3 is 5.69 Å². The topological polar surface area (TPSA) is 108 Å². The summed E-state index contributed by atoms with van der Waals surface area (Å²) >= 11 is 15.5. The van der Waals surface area contributed by atoms with Crippen LogP contribution in [0.3, 0.4) is 0 Å². The summed E-state index contributed by atoms with van der Waals surface area (Å²) in [4.78, 5) is 23.0. The first-order chi connectivity index (χ1) is 13.7. The fourth-order valence-electron chi connectivity index (χ4n) is 2.58. The zero-order valence-corrected chi connectivity index (χ0v) is 18.4. The smallest absolute Gasteiger partial charge is 0.306 e. The molecule has 0 saturated carbocycles. The number of aromatic nitrogens is 4. The molecule has 1 aromatic carbocycles. The third-order valence-electron chi connectivity index (χ3n) is 4.17. The second-order valence-electron chi connectivity index (χ2n) is 6.26. The molecule has 3 aromatic rings. The van der Waals surface area contributed by atoms with Crippen LogP contribution in [0.15, 0.2) is 35.1 Å². The van der Waals surface area contributed by atoms with E-state index in [4.69, 9.17) is 23.2 Å². The maximum absolute atomic E-state index is 12.6. The van der Waals surface area contributed by atoms with Gasteiger partial charge in [-0.2, -0.15) is 10.2 Å². The lowest BCUT2D eigenvalue weighted by atomic mass is 10.2. The van der Waals surface area contributed by atoms with Gasteiger partial charge < -0.3 is 5.32 Å². The molecule has 1 unspecified atom stereocenters. The molecule has 0 fully saturated rings. The highest BCUT2D eigenvalue weighted by Gasteiger charge is 2.23. The van der Waals surface area contributed by atoms with Gasteiger partial charge in [-0.1, -0.05) is 29.3 Å². The molecule has 0 spiro atoms. The zero-order chi connectivity index (χ0) is 21.3. The third kappa shape index (κ3) is 4.77. The molecule has 152 valence electrons. The van der Waals surface area contributed by atoms with Crippen molar-refractivity contribution in [2.45, 2.75) is 26.4 Å². The Morgan fingerprint density at radius 2 is 2.07 bits per heavy atom. The first kappa shape index (κ1) is 21.3. The van der Waals surface area contributed by atoms with Gasteiger partial charge in [0.05, 0.1) is 15.9 Å². The molecule has 2 heterocycles. The van der Waals surface area contributed by atoms with Crippen molar-refractivity contribution in [1.82, 2.24) is 19.6 Å². The predicted octanol–water partition coefficient (Wildman–Crippen LogP) is 4.61. The number of anilines is 1. The average Bonchev–Trinajstić information content (AvgIpc) is 3.19. The number of hydrogen-bond acceptors (Lipinski definition) is 5. The summed E-state index contributed by atoms with van der Waals surface area (Å²) < 4.78 is 3.44. The quantitative estimate of drug-likeness (QED) is 0.391. The van der Waals surface area contributed by atoms with Crippen LogP contribution >= 0.6 is 39.1 Å². The lowest BCUT2D eigenvalue weighted by Gasteiger charge is -2.11. The molecule has 0 radical (unpaired) electrons. The van der Waals surface area contributed by atoms with Crippen LogP contribution in [0, 0.1) is 17.0 Å². The zero-order valence-electron chi connectivity index (χ0n) is 15.3. The Bertz CT molecular complexity index is 1100. The van der Waals surface area contributed by atoms with Crippen LogP contribution in [0.25, 0.3) is 0 Å². The Morgan fingerprint density at radius 3 is 2.69 bits per heavy atom. The maximum Gasteiger partial charge on any atom is 0.309 e. The Hall–Kier alpha value is -2.43. The molecule has 0 saturated heterocycles. The summed E-state index contributed by atoms with van der Waals surface area (Å²) in [6, 6.07) is 4.40. The van der Waals surface area contributed by atoms with Crippen molar-refractivity contribution in [2.75, 3.05) is 5.32 Å². The van der Waals surface area contributed by atoms with Crippen molar-refractivity contribution in [1.29, 1.82) is 0 Å². The molecule has 29 heavy (non-hydrogen) atoms. The fourth-order valence-corrected chi connectivity index (χ4v) is 3.46. The van der Waals surface area contributed by atoms with Crippen molar-refractivity contribution in [2.24, 2.45) is 0 Å². The van der Waals surface area contributed by atoms with Gasteiger partial charge in [0.1, 0.15) is 17.9 Å². The summed E-state index contributed by atoms with van der Waals surface area (Å²) in [5.74, 6) is -0.108. The normalized spacial score (nSPS) is 12.0. The minimum atomic E-state index is -0.773. The number of nitro groups is 1. The average molecular weight is 502 g/mol. The Labute approximate surface area is 183 Å². The van der Waals surface area contributed by atoms with Gasteiger partial charge in [-0.05, 0) is 47.5 Å². The second kappa shape index (κ2) is 8.52. The highest BCUT2D eigenvalue weighted by atomic mass is 79.9. The van der Waals surface area contributed by atoms with E-state index in [1.54, 1.807) is 36.0 Å². The summed E-state index contributed by atoms with van der Waals surface area (Å²) in [6.07, 6.45) is 2.93. The Kier molecular flexibility index (Phi) is 6.25. The van der Waals surface area contributed by atoms with E-state index in [0.29, 0.717) is 26.9 Å². The molecule has 12 heteroatoms. The highest BCUT2D eigenvalue weighted by Crippen LogP contribution is 2.25. The number of carbonyl (C=O) groups excluding carboxylic acids is 1. The number of halogens is 3. The van der Waals surface area contributed by atoms with Crippen molar-refractivity contribution < 1.29 is 9.72 Å². The third-order valence-corrected chi connectivity index (χ3v) is 5.34. The second-order valence-corrected chi connectivity index (χ2v) is 7.96. The van der Waals surface area contributed by atoms with Gasteiger partial charge in [0.25, 0.3) is 0 Å². The number of carbonyl (C=O) groups is 1. The molecule has 9 nitrogen and oxygen atoms in total. The van der Waals surface area contributed by atoms with Crippen LogP contribution in [0.2, 0.25) is 10.0 Å². The van der Waals surface area contributed by atoms with Crippen molar-refractivity contribution in [3.05, 3.63) is 66.5 Å². The van der Waals surface area contributed by atoms with E-state index in [9.17, 15) is 14.9 Å². The van der Waals surface area contributed by atoms with Crippen molar-refractivity contribution in [3.63, 3.8) is 0 Å². The van der Waals surface area contributed by atoms with Crippen LogP contribution < -0.4 is 5.32 Å². The first-order valence-corrected chi connectivity index (χ1v) is 9.88. The number of hydrogen-bond donors (Lipinski definition) is 1. The van der Waals surface area contributed by atoms with E-state index in [2.05, 4.69) is 31.4 Å². The molecular weight excluding hydrogens is 487 g/mol. The van der Waals surface area contributed by atoms with E-state index in [1.165, 1.54) is 17.8 Å². The molecule has 0 bridgehead atoms. The van der Waals surface area contributed by atoms with Gasteiger partial charge in [0.2, 0.25) is 5.91 Å². The van der Waals surface area contributed by atoms with Crippen LogP contribution in [-0.4, -0.2) is 30.4 Å². The highest BCUT2D eigenvalue weighted by molar-refractivity contribution is 9.10. The molecule has 3 rings (SSSR count). The van der Waals surface area contributed by atoms with Crippen LogP contribution in [0.1, 0.15) is 24.2 Å². The number of nitrogens with one attached hydrogen (secondary N) is 1. The van der Waals surface area contributed by atoms with Gasteiger partial charge in [0.15, 0.2) is 5.82 Å². The van der Waals surface area contributed by atoms with Crippen LogP contribution in [0.5, 0.6) is 0 Å². The largest absolute Gasteiger partial charge is 0.309 e. The lowest BCUT2D eigenvalue weighted by Crippen LogP contribution is -2.24. The molecule has 0 aliphatic rings. The van der Waals surface area contributed by atoms with E-state index in [0.717, 1.165) is 5.56 Å². The molecule has 1 atom stereocenters. The van der Waals surface area contributed by atoms with Crippen LogP contribution in [-0.2, 0) is 11.3 Å². The number of aryl methyl sites for hydroxylation is 1. The minimum Gasteiger partial charge on any atom is -0.306 e. The van der Waals surface area contributed by atoms with Crippen molar-refractivity contribution >= 4 is 56.5 Å². The summed E-state index contributed by atoms with van der Waals surface area (Å²) in [5.41, 5.74) is 0.909. The van der Waals surface area contributed by atoms with Gasteiger partial charge in [-0.15, -0.1) is 0 Å². The maximum atomic E-state index is 12.6. The molecule has 0 aliphatic heterocycles. The molecular formula is C17H15BrCl2N6O3. The van der Waals surface area contributed by atoms with Gasteiger partial charge in [-0.3, -0.25) is 24.3 Å². The Balaban J connectivity index is 1.74. The van der Waals surface area contributed by atoms with E-state index >= 15 is 0 Å². The van der Waals surface area contributed by atoms with E-state index < -0.39 is 16.9 Å². The Morgan fingerprint density at radius 1 is 1.34 bits per heavy atom. The van der Waals surface area contributed by atoms with Gasteiger partial charge in [-0.25, -0.2) is 0 Å². The number of benzene rings is 1. The lowest BCUT2D eigenvalue weighted by molar-refractivity contribution is -0.385. The number of nitrogens with zero attached hydrogens (tertiary/aromatic N) is 5. The SMILES string of the molecule is Cc1nn(C(C)C(=O)Nc2nn(Cc3ccc(Cl)cc3Cl)cc2Br)cc1[N+](=O)[O-]. The molecule has 2 aromatic heterocycles. The fraction of sp³-hybridized carbons (Fsp3) is 0.235. The predicted molar refractivity (Wildman–Crippen MR) is 112 cm³/mol. The molecule has 1 amide bonds. The summed E-state index contributed by atoms with van der Waals surface area (Å²) in [7, 11) is 0.